The SMILES string of the molecule is Cc1ncsc1-c1ccc([C@H](CCCCCC2CCCCC(c3ccc4c(c3)CC(CC[C@H]3CC[C@@H](O)C3)c3nc(=O)c5c(Br)cccc5n3-4)CC2)NC(=O)[C@@H]2C[C@@H](O)CN2C(=O)[C@@H](NC(=O)C2(F)CC2)C(C)(C)C)cc1. The van der Waals surface area contributed by atoms with Gasteiger partial charge in [-0.25, -0.2) is 9.37 Å². The lowest BCUT2D eigenvalue weighted by Crippen LogP contribution is -2.59. The smallest absolute Gasteiger partial charge is 0.281 e. The molecule has 2 aromatic heterocycles. The number of benzene rings is 3. The second-order valence-corrected chi connectivity index (χ2v) is 26.3. The summed E-state index contributed by atoms with van der Waals surface area (Å²) in [6, 6.07) is 19.0. The van der Waals surface area contributed by atoms with Crippen LogP contribution in [0.3, 0.4) is 0 Å². The van der Waals surface area contributed by atoms with Gasteiger partial charge in [0.05, 0.1) is 50.9 Å². The highest BCUT2D eigenvalue weighted by Gasteiger charge is 2.53. The molecule has 15 heteroatoms. The van der Waals surface area contributed by atoms with Crippen molar-refractivity contribution < 1.29 is 29.0 Å². The van der Waals surface area contributed by atoms with Crippen molar-refractivity contribution in [1.82, 2.24) is 30.1 Å². The molecule has 10 rings (SSSR count). The molecule has 4 N–H and O–H groups in total. The molecule has 3 amide bonds. The number of nitrogens with zero attached hydrogens (tertiary/aromatic N) is 4. The molecule has 3 saturated carbocycles. The Morgan fingerprint density at radius 2 is 1.66 bits per heavy atom. The van der Waals surface area contributed by atoms with E-state index in [1.807, 2.05) is 30.6 Å². The number of β-amino-alcohol motifs (C(OH)–C–C–N with tert-alkyl or cyclic N) is 1. The molecule has 412 valence electrons. The number of hydrogen-bond donors (Lipinski definition) is 4. The normalized spacial score (nSPS) is 24.8. The number of likely N-dealkylation sites (tertiary alicyclic amines) is 1. The summed E-state index contributed by atoms with van der Waals surface area (Å²) >= 11 is 5.25. The second-order valence-electron chi connectivity index (χ2n) is 24.6. The Hall–Kier alpha value is -4.83. The molecule has 4 heterocycles. The number of aliphatic hydroxyl groups excluding tert-OH is 2. The maximum absolute atomic E-state index is 14.9. The van der Waals surface area contributed by atoms with Gasteiger partial charge in [-0.1, -0.05) is 108 Å². The molecule has 0 bridgehead atoms. The van der Waals surface area contributed by atoms with Crippen molar-refractivity contribution in [3.05, 3.63) is 109 Å². The lowest BCUT2D eigenvalue weighted by atomic mass is 9.79. The summed E-state index contributed by atoms with van der Waals surface area (Å²) in [4.78, 5) is 66.9. The first kappa shape index (κ1) is 55.5. The zero-order valence-electron chi connectivity index (χ0n) is 45.4. The molecule has 3 unspecified atom stereocenters. The molecule has 0 spiro atoms. The van der Waals surface area contributed by atoms with E-state index in [1.165, 1.54) is 48.1 Å². The summed E-state index contributed by atoms with van der Waals surface area (Å²) in [5, 5.41) is 27.8. The van der Waals surface area contributed by atoms with E-state index in [-0.39, 0.29) is 55.3 Å². The van der Waals surface area contributed by atoms with E-state index < -0.39 is 41.1 Å². The first-order valence-electron chi connectivity index (χ1n) is 28.8. The van der Waals surface area contributed by atoms with Crippen molar-refractivity contribution in [3.8, 4) is 16.1 Å². The van der Waals surface area contributed by atoms with Crippen LogP contribution in [0.25, 0.3) is 27.0 Å². The Morgan fingerprint density at radius 3 is 2.39 bits per heavy atom. The van der Waals surface area contributed by atoms with Crippen LogP contribution >= 0.6 is 27.3 Å². The molecule has 5 aliphatic rings. The molecular weight excluding hydrogens is 1060 g/mol. The molecule has 4 fully saturated rings. The maximum Gasteiger partial charge on any atom is 0.281 e. The van der Waals surface area contributed by atoms with E-state index in [0.717, 1.165) is 114 Å². The average Bonchev–Trinajstić information content (AvgIpc) is 3.68. The molecule has 2 aliphatic heterocycles. The molecule has 0 radical (unpaired) electrons. The molecule has 1 saturated heterocycles. The number of fused-ring (bicyclic) bond motifs is 5. The zero-order valence-corrected chi connectivity index (χ0v) is 47.8. The van der Waals surface area contributed by atoms with Gasteiger partial charge >= 0.3 is 0 Å². The Bertz CT molecular complexity index is 3010. The minimum absolute atomic E-state index is 0.0512. The molecular formula is C62H78BrFN6O6S. The third kappa shape index (κ3) is 12.5. The molecule has 77 heavy (non-hydrogen) atoms. The van der Waals surface area contributed by atoms with Crippen molar-refractivity contribution in [2.45, 2.75) is 204 Å². The van der Waals surface area contributed by atoms with Crippen LogP contribution in [0.2, 0.25) is 0 Å². The number of aryl methyl sites for hydroxylation is 1. The van der Waals surface area contributed by atoms with Crippen LogP contribution in [0.4, 0.5) is 4.39 Å². The molecule has 5 aromatic rings. The lowest BCUT2D eigenvalue weighted by molar-refractivity contribution is -0.145. The highest BCUT2D eigenvalue weighted by molar-refractivity contribution is 9.10. The highest BCUT2D eigenvalue weighted by atomic mass is 79.9. The van der Waals surface area contributed by atoms with Crippen molar-refractivity contribution in [3.63, 3.8) is 0 Å². The van der Waals surface area contributed by atoms with Crippen molar-refractivity contribution in [2.24, 2.45) is 17.3 Å². The van der Waals surface area contributed by atoms with Crippen molar-refractivity contribution >= 4 is 55.9 Å². The summed E-state index contributed by atoms with van der Waals surface area (Å²) < 4.78 is 17.9. The third-order valence-corrected chi connectivity index (χ3v) is 19.5. The first-order chi connectivity index (χ1) is 36.9. The quantitative estimate of drug-likeness (QED) is 0.0668. The fraction of sp³-hybridized carbons (Fsp3) is 0.581. The maximum atomic E-state index is 14.9. The number of rotatable bonds is 17. The summed E-state index contributed by atoms with van der Waals surface area (Å²) in [7, 11) is 0. The monoisotopic (exact) mass is 1130 g/mol. The van der Waals surface area contributed by atoms with Crippen LogP contribution < -0.4 is 16.2 Å². The van der Waals surface area contributed by atoms with E-state index in [0.29, 0.717) is 29.6 Å². The number of amides is 3. The van der Waals surface area contributed by atoms with E-state index >= 15 is 0 Å². The van der Waals surface area contributed by atoms with Gasteiger partial charge in [0.2, 0.25) is 11.8 Å². The van der Waals surface area contributed by atoms with Gasteiger partial charge in [0.1, 0.15) is 17.9 Å². The topological polar surface area (TPSA) is 167 Å². The number of carbonyl (C=O) groups excluding carboxylic acids is 3. The first-order valence-corrected chi connectivity index (χ1v) is 30.4. The molecule has 3 aromatic carbocycles. The van der Waals surface area contributed by atoms with E-state index in [1.54, 1.807) is 32.1 Å². The van der Waals surface area contributed by atoms with Gasteiger partial charge in [-0.2, -0.15) is 4.98 Å². The predicted molar refractivity (Wildman–Crippen MR) is 305 cm³/mol. The number of halogens is 2. The second kappa shape index (κ2) is 23.5. The van der Waals surface area contributed by atoms with Crippen LogP contribution in [0, 0.1) is 24.2 Å². The van der Waals surface area contributed by atoms with Gasteiger partial charge in [0.25, 0.3) is 11.5 Å². The van der Waals surface area contributed by atoms with Crippen LogP contribution in [-0.2, 0) is 20.8 Å². The van der Waals surface area contributed by atoms with E-state index in [4.69, 9.17) is 4.98 Å². The highest BCUT2D eigenvalue weighted by Crippen LogP contribution is 2.44. The van der Waals surface area contributed by atoms with Crippen LogP contribution in [-0.4, -0.2) is 83.9 Å². The standard InChI is InChI=1S/C62H78BrFN6O6S/c1-37-54(77-36-65-37)42-24-22-41(23-25-42)49(66-57(73)52-34-47(72)35-69(52)59(75)55(61(2,3)4)67-60(76)62(64)29-30-62)15-7-5-6-11-38-12-8-9-13-40(20-17-38)43-26-28-50-45(32-43)33-44(21-18-39-19-27-46(71)31-39)56-68-58(74)53-48(63)14-10-16-51(53)70(50)56/h10,14,16,22-26,28,32,36,38-40,44,46-47,49,52,55,71-72H,5-9,11-13,15,17-21,27,29-31,33-35H2,1-4H3,(H,66,73)(H,67,76)/t38?,39-,40?,44?,46+,47+,49-,52-,55+/m0/s1. The minimum atomic E-state index is -1.96. The van der Waals surface area contributed by atoms with Crippen LogP contribution in [0.15, 0.2) is 75.4 Å². The number of nitrogens with one attached hydrogen (secondary N) is 2. The summed E-state index contributed by atoms with van der Waals surface area (Å²) in [6.45, 7) is 7.36. The number of aromatic nitrogens is 3. The van der Waals surface area contributed by atoms with Crippen LogP contribution in [0.1, 0.15) is 189 Å². The van der Waals surface area contributed by atoms with Gasteiger partial charge < -0.3 is 25.7 Å². The molecule has 12 nitrogen and oxygen atoms in total. The molecule has 3 aliphatic carbocycles. The number of alkyl halides is 1. The van der Waals surface area contributed by atoms with Gasteiger partial charge in [0.15, 0.2) is 5.67 Å². The minimum Gasteiger partial charge on any atom is -0.393 e. The number of unbranched alkanes of at least 4 members (excludes halogenated alkanes) is 2. The third-order valence-electron chi connectivity index (χ3n) is 17.9. The lowest BCUT2D eigenvalue weighted by Gasteiger charge is -2.36. The fourth-order valence-electron chi connectivity index (χ4n) is 13.2. The van der Waals surface area contributed by atoms with E-state index in [9.17, 15) is 33.8 Å². The van der Waals surface area contributed by atoms with Crippen LogP contribution in [0.5, 0.6) is 0 Å². The van der Waals surface area contributed by atoms with Gasteiger partial charge in [-0.05, 0) is 164 Å². The van der Waals surface area contributed by atoms with E-state index in [2.05, 4.69) is 78.6 Å². The Balaban J connectivity index is 0.789. The summed E-state index contributed by atoms with van der Waals surface area (Å²) in [6.07, 6.45) is 16.8. The summed E-state index contributed by atoms with van der Waals surface area (Å²) in [5.41, 5.74) is 6.66. The number of carbonyl (C=O) groups is 3. The average molecular weight is 1130 g/mol. The Morgan fingerprint density at radius 1 is 0.883 bits per heavy atom. The van der Waals surface area contributed by atoms with Crippen molar-refractivity contribution in [2.75, 3.05) is 6.54 Å². The number of thiazole rings is 1. The predicted octanol–water partition coefficient (Wildman–Crippen LogP) is 12.0. The Labute approximate surface area is 465 Å². The summed E-state index contributed by atoms with van der Waals surface area (Å²) in [5.74, 6) is 0.954. The van der Waals surface area contributed by atoms with Gasteiger partial charge in [0, 0.05) is 23.4 Å². The van der Waals surface area contributed by atoms with Crippen molar-refractivity contribution in [1.29, 1.82) is 0 Å². The van der Waals surface area contributed by atoms with Gasteiger partial charge in [-0.3, -0.25) is 23.7 Å². The number of hydrogen-bond acceptors (Lipinski definition) is 9. The Kier molecular flexibility index (Phi) is 16.9. The fourth-order valence-corrected chi connectivity index (χ4v) is 14.6. The van der Waals surface area contributed by atoms with Gasteiger partial charge in [-0.15, -0.1) is 11.3 Å². The number of aliphatic hydroxyl groups is 2. The molecule has 9 atom stereocenters. The largest absolute Gasteiger partial charge is 0.393 e. The zero-order chi connectivity index (χ0) is 54.2.